The number of para-hydroxylation sites is 1. The van der Waals surface area contributed by atoms with E-state index in [1.807, 2.05) is 90.5 Å². The Labute approximate surface area is 289 Å². The van der Waals surface area contributed by atoms with Crippen molar-refractivity contribution in [3.05, 3.63) is 154 Å². The van der Waals surface area contributed by atoms with Gasteiger partial charge in [0.05, 0.1) is 12.2 Å². The van der Waals surface area contributed by atoms with Crippen LogP contribution in [-0.2, 0) is 24.6 Å². The van der Waals surface area contributed by atoms with E-state index < -0.39 is 0 Å². The number of amides is 2. The van der Waals surface area contributed by atoms with Gasteiger partial charge in [-0.15, -0.1) is 0 Å². The van der Waals surface area contributed by atoms with Crippen molar-refractivity contribution in [1.29, 1.82) is 0 Å². The molecular formula is C39H34ClN5O4. The lowest BCUT2D eigenvalue weighted by Gasteiger charge is -2.15. The highest BCUT2D eigenvalue weighted by Gasteiger charge is 2.13. The maximum absolute atomic E-state index is 12.6. The number of aryl methyl sites for hydroxylation is 1. The number of carbonyl (C=O) groups is 2. The van der Waals surface area contributed by atoms with Crippen LogP contribution in [0.15, 0.2) is 116 Å². The van der Waals surface area contributed by atoms with Crippen LogP contribution >= 0.6 is 11.6 Å². The lowest BCUT2D eigenvalue weighted by molar-refractivity contribution is -0.116. The molecule has 6 aromatic rings. The Bertz CT molecular complexity index is 2130. The molecule has 3 aromatic carbocycles. The van der Waals surface area contributed by atoms with Gasteiger partial charge in [-0.1, -0.05) is 35.9 Å². The minimum absolute atomic E-state index is 0.161. The van der Waals surface area contributed by atoms with E-state index in [2.05, 4.69) is 15.6 Å². The van der Waals surface area contributed by atoms with Gasteiger partial charge < -0.3 is 24.7 Å². The number of aromatic nitrogens is 3. The fraction of sp³-hybridized carbons (Fsp3) is 0.128. The van der Waals surface area contributed by atoms with Gasteiger partial charge in [0.1, 0.15) is 30.2 Å². The number of nitrogens with one attached hydrogen (secondary N) is 2. The van der Waals surface area contributed by atoms with Gasteiger partial charge in [-0.25, -0.2) is 4.98 Å². The zero-order valence-corrected chi connectivity index (χ0v) is 27.8. The van der Waals surface area contributed by atoms with Gasteiger partial charge in [-0.3, -0.25) is 14.6 Å². The smallest absolute Gasteiger partial charge is 0.251 e. The number of benzene rings is 3. The molecular weight excluding hydrogens is 638 g/mol. The van der Waals surface area contributed by atoms with Crippen molar-refractivity contribution in [2.24, 2.45) is 0 Å². The summed E-state index contributed by atoms with van der Waals surface area (Å²) in [6, 6.07) is 30.0. The minimum Gasteiger partial charge on any atom is -0.487 e. The number of hydrogen-bond acceptors (Lipinski definition) is 6. The van der Waals surface area contributed by atoms with Gasteiger partial charge in [-0.2, -0.15) is 0 Å². The third-order valence-corrected chi connectivity index (χ3v) is 8.16. The minimum atomic E-state index is -0.238. The van der Waals surface area contributed by atoms with Crippen LogP contribution in [0.2, 0.25) is 5.02 Å². The maximum Gasteiger partial charge on any atom is 0.251 e. The second kappa shape index (κ2) is 15.3. The van der Waals surface area contributed by atoms with Crippen molar-refractivity contribution in [3.8, 4) is 17.2 Å². The van der Waals surface area contributed by atoms with Crippen LogP contribution in [0.1, 0.15) is 38.6 Å². The van der Waals surface area contributed by atoms with Crippen LogP contribution in [0.5, 0.6) is 11.5 Å². The first-order valence-corrected chi connectivity index (χ1v) is 16.0. The molecule has 0 spiro atoms. The monoisotopic (exact) mass is 671 g/mol. The summed E-state index contributed by atoms with van der Waals surface area (Å²) >= 11 is 6.64. The second-order valence-corrected chi connectivity index (χ2v) is 11.6. The number of halogens is 1. The fourth-order valence-electron chi connectivity index (χ4n) is 5.27. The molecule has 0 saturated carbocycles. The lowest BCUT2D eigenvalue weighted by atomic mass is 10.1. The molecule has 0 aliphatic rings. The van der Waals surface area contributed by atoms with Crippen molar-refractivity contribution in [3.63, 3.8) is 0 Å². The number of ether oxygens (including phenoxy) is 2. The zero-order chi connectivity index (χ0) is 34.2. The third-order valence-electron chi connectivity index (χ3n) is 7.79. The van der Waals surface area contributed by atoms with E-state index >= 15 is 0 Å². The Morgan fingerprint density at radius 1 is 0.898 bits per heavy atom. The quantitative estimate of drug-likeness (QED) is 0.133. The summed E-state index contributed by atoms with van der Waals surface area (Å²) in [5.74, 6) is 0.923. The van der Waals surface area contributed by atoms with Gasteiger partial charge in [0.2, 0.25) is 5.91 Å². The number of carbonyl (C=O) groups excluding carboxylic acids is 2. The SMILES string of the molecule is CNC(=O)c1ccc(C=CC(=O)NCc2cccn2-c2ccc(Cl)c(COc3cccc4c(OCc5ccccn5)cc(C)nc34)c2)cc1. The van der Waals surface area contributed by atoms with E-state index in [1.165, 1.54) is 6.08 Å². The first kappa shape index (κ1) is 33.0. The molecule has 3 aromatic heterocycles. The van der Waals surface area contributed by atoms with Gasteiger partial charge in [-0.05, 0) is 85.3 Å². The summed E-state index contributed by atoms with van der Waals surface area (Å²) in [7, 11) is 1.58. The first-order chi connectivity index (χ1) is 23.9. The summed E-state index contributed by atoms with van der Waals surface area (Å²) in [5, 5.41) is 6.94. The molecule has 0 radical (unpaired) electrons. The highest BCUT2D eigenvalue weighted by molar-refractivity contribution is 6.31. The molecule has 0 aliphatic carbocycles. The van der Waals surface area contributed by atoms with Gasteiger partial charge in [0.25, 0.3) is 5.91 Å². The average molecular weight is 672 g/mol. The summed E-state index contributed by atoms with van der Waals surface area (Å²) in [5.41, 5.74) is 6.26. The molecule has 246 valence electrons. The Morgan fingerprint density at radius 3 is 2.53 bits per heavy atom. The first-order valence-electron chi connectivity index (χ1n) is 15.7. The molecule has 0 atom stereocenters. The molecule has 0 saturated heterocycles. The van der Waals surface area contributed by atoms with Crippen molar-refractivity contribution < 1.29 is 19.1 Å². The van der Waals surface area contributed by atoms with Crippen LogP contribution in [0.25, 0.3) is 22.7 Å². The Morgan fingerprint density at radius 2 is 1.73 bits per heavy atom. The molecule has 0 fully saturated rings. The van der Waals surface area contributed by atoms with E-state index in [0.29, 0.717) is 40.8 Å². The molecule has 9 nitrogen and oxygen atoms in total. The van der Waals surface area contributed by atoms with Crippen molar-refractivity contribution in [2.45, 2.75) is 26.7 Å². The van der Waals surface area contributed by atoms with Crippen LogP contribution in [0.4, 0.5) is 0 Å². The van der Waals surface area contributed by atoms with E-state index in [1.54, 1.807) is 43.6 Å². The summed E-state index contributed by atoms with van der Waals surface area (Å²) in [4.78, 5) is 33.5. The Hall–Kier alpha value is -5.93. The number of pyridine rings is 2. The molecule has 0 bridgehead atoms. The van der Waals surface area contributed by atoms with E-state index in [0.717, 1.165) is 39.3 Å². The zero-order valence-electron chi connectivity index (χ0n) is 27.0. The topological polar surface area (TPSA) is 107 Å². The predicted molar refractivity (Wildman–Crippen MR) is 191 cm³/mol. The second-order valence-electron chi connectivity index (χ2n) is 11.2. The van der Waals surface area contributed by atoms with Crippen LogP contribution in [0, 0.1) is 6.92 Å². The standard InChI is InChI=1S/C39H34ClN5O4/c1-26-21-36(49-25-30-7-3-4-19-42-30)33-9-5-10-35(38(33)44-26)48-24-29-22-31(16-17-34(29)40)45-20-6-8-32(45)23-43-37(46)18-13-27-11-14-28(15-12-27)39(47)41-2/h3-22H,23-25H2,1-2H3,(H,41,47)(H,43,46). The van der Waals surface area contributed by atoms with Crippen LogP contribution in [-0.4, -0.2) is 33.4 Å². The van der Waals surface area contributed by atoms with Crippen molar-refractivity contribution in [1.82, 2.24) is 25.2 Å². The molecule has 2 amide bonds. The van der Waals surface area contributed by atoms with Crippen LogP contribution in [0.3, 0.4) is 0 Å². The molecule has 49 heavy (non-hydrogen) atoms. The molecule has 6 rings (SSSR count). The lowest BCUT2D eigenvalue weighted by Crippen LogP contribution is -2.21. The van der Waals surface area contributed by atoms with Crippen LogP contribution < -0.4 is 20.1 Å². The highest BCUT2D eigenvalue weighted by atomic mass is 35.5. The molecule has 3 heterocycles. The van der Waals surface area contributed by atoms with E-state index in [9.17, 15) is 9.59 Å². The maximum atomic E-state index is 12.6. The number of nitrogens with zero attached hydrogens (tertiary/aromatic N) is 3. The molecule has 0 aliphatic heterocycles. The number of fused-ring (bicyclic) bond motifs is 1. The Balaban J connectivity index is 1.12. The normalized spacial score (nSPS) is 11.1. The Kier molecular flexibility index (Phi) is 10.3. The summed E-state index contributed by atoms with van der Waals surface area (Å²) in [6.45, 7) is 2.79. The number of rotatable bonds is 12. The third kappa shape index (κ3) is 8.14. The summed E-state index contributed by atoms with van der Waals surface area (Å²) in [6.07, 6.45) is 6.85. The van der Waals surface area contributed by atoms with Gasteiger partial charge in [0.15, 0.2) is 0 Å². The van der Waals surface area contributed by atoms with Crippen molar-refractivity contribution in [2.75, 3.05) is 7.05 Å². The fourth-order valence-corrected chi connectivity index (χ4v) is 5.44. The highest BCUT2D eigenvalue weighted by Crippen LogP contribution is 2.33. The largest absolute Gasteiger partial charge is 0.487 e. The van der Waals surface area contributed by atoms with Crippen molar-refractivity contribution >= 4 is 40.4 Å². The van der Waals surface area contributed by atoms with E-state index in [-0.39, 0.29) is 18.4 Å². The van der Waals surface area contributed by atoms with Gasteiger partial charge in [0, 0.05) is 70.2 Å². The molecule has 10 heteroatoms. The average Bonchev–Trinajstić information content (AvgIpc) is 3.61. The molecule has 0 unspecified atom stereocenters. The summed E-state index contributed by atoms with van der Waals surface area (Å²) < 4.78 is 14.5. The predicted octanol–water partition coefficient (Wildman–Crippen LogP) is 7.23. The molecule has 2 N–H and O–H groups in total. The van der Waals surface area contributed by atoms with E-state index in [4.69, 9.17) is 26.1 Å². The number of hydrogen-bond donors (Lipinski definition) is 2. The van der Waals surface area contributed by atoms with Gasteiger partial charge >= 0.3 is 0 Å².